The van der Waals surface area contributed by atoms with Crippen molar-refractivity contribution >= 4 is 46.3 Å². The van der Waals surface area contributed by atoms with Crippen LogP contribution in [0.15, 0.2) is 67.1 Å². The van der Waals surface area contributed by atoms with E-state index in [0.717, 1.165) is 42.6 Å². The first-order chi connectivity index (χ1) is 28.1. The number of likely N-dealkylation sites (tertiary alicyclic amines) is 1. The Kier molecular flexibility index (Phi) is 10.7. The van der Waals surface area contributed by atoms with Gasteiger partial charge in [-0.2, -0.15) is 5.10 Å². The number of para-hydroxylation sites is 1. The van der Waals surface area contributed by atoms with Crippen molar-refractivity contribution < 1.29 is 37.9 Å². The quantitative estimate of drug-likeness (QED) is 0.113. The molecule has 0 bridgehead atoms. The Morgan fingerprint density at radius 2 is 1.66 bits per heavy atom. The van der Waals surface area contributed by atoms with Gasteiger partial charge in [0.15, 0.2) is 0 Å². The molecule has 2 saturated heterocycles. The molecule has 3 N–H and O–H groups in total. The van der Waals surface area contributed by atoms with Crippen LogP contribution in [0.4, 0.5) is 14.5 Å². The predicted molar refractivity (Wildman–Crippen MR) is 207 cm³/mol. The fourth-order valence-corrected chi connectivity index (χ4v) is 7.91. The molecule has 14 nitrogen and oxygen atoms in total. The number of unbranched alkanes of at least 4 members (excludes halogenated alkanes) is 2. The van der Waals surface area contributed by atoms with Crippen LogP contribution in [0.2, 0.25) is 0 Å². The van der Waals surface area contributed by atoms with E-state index in [1.54, 1.807) is 48.8 Å². The van der Waals surface area contributed by atoms with Gasteiger partial charge in [-0.1, -0.05) is 18.6 Å². The Balaban J connectivity index is 0.792. The smallest absolute Gasteiger partial charge is 0.262 e. The molecule has 1 unspecified atom stereocenters. The summed E-state index contributed by atoms with van der Waals surface area (Å²) < 4.78 is 31.0. The van der Waals surface area contributed by atoms with Crippen molar-refractivity contribution in [3.05, 3.63) is 95.4 Å². The number of halogens is 2. The molecule has 2 aromatic heterocycles. The van der Waals surface area contributed by atoms with E-state index < -0.39 is 47.9 Å². The van der Waals surface area contributed by atoms with Gasteiger partial charge in [-0.25, -0.2) is 13.8 Å². The number of hydrogen-bond acceptors (Lipinski definition) is 10. The molecule has 1 atom stereocenters. The Morgan fingerprint density at radius 3 is 2.41 bits per heavy atom. The highest BCUT2D eigenvalue weighted by Gasteiger charge is 2.44. The van der Waals surface area contributed by atoms with Crippen LogP contribution in [-0.2, 0) is 21.0 Å². The van der Waals surface area contributed by atoms with Gasteiger partial charge < -0.3 is 15.3 Å². The lowest BCUT2D eigenvalue weighted by Crippen LogP contribution is -2.54. The standard InChI is InChI=1S/C42H40F2N8O6/c43-32-17-24(18-33(44)31(32)23-53)28-5-4-6-34-39(28)48-35(21-46-34)25-20-47-51(22-25)27-12-15-50(16-13-27)38(55)7-2-1-3-14-45-26-8-9-29-30(19-26)42(58)52(41(29)57)36-10-11-37(54)49-40(36)56/h4-6,8-9,17-22,27,36,45,53H,1-3,7,10-16,23H2,(H,49,54,56). The monoisotopic (exact) mass is 790 g/mol. The summed E-state index contributed by atoms with van der Waals surface area (Å²) in [4.78, 5) is 75.1. The molecule has 3 aromatic carbocycles. The zero-order valence-electron chi connectivity index (χ0n) is 31.4. The van der Waals surface area contributed by atoms with Gasteiger partial charge in [0, 0.05) is 61.1 Å². The van der Waals surface area contributed by atoms with Crippen molar-refractivity contribution in [2.24, 2.45) is 0 Å². The van der Waals surface area contributed by atoms with Crippen molar-refractivity contribution in [3.63, 3.8) is 0 Å². The van der Waals surface area contributed by atoms with Gasteiger partial charge in [0.05, 0.1) is 52.9 Å². The van der Waals surface area contributed by atoms with Crippen molar-refractivity contribution in [2.75, 3.05) is 25.0 Å². The zero-order chi connectivity index (χ0) is 40.5. The van der Waals surface area contributed by atoms with E-state index in [0.29, 0.717) is 54.0 Å². The van der Waals surface area contributed by atoms with E-state index in [-0.39, 0.29) is 47.0 Å². The van der Waals surface area contributed by atoms with Gasteiger partial charge in [0.1, 0.15) is 17.7 Å². The zero-order valence-corrected chi connectivity index (χ0v) is 31.4. The van der Waals surface area contributed by atoms with E-state index in [9.17, 15) is 37.9 Å². The van der Waals surface area contributed by atoms with Gasteiger partial charge in [0.2, 0.25) is 17.7 Å². The third-order valence-corrected chi connectivity index (χ3v) is 11.1. The van der Waals surface area contributed by atoms with Gasteiger partial charge >= 0.3 is 0 Å². The first kappa shape index (κ1) is 38.5. The number of piperidine rings is 2. The lowest BCUT2D eigenvalue weighted by molar-refractivity contribution is -0.136. The maximum absolute atomic E-state index is 14.5. The minimum Gasteiger partial charge on any atom is -0.391 e. The molecular formula is C42H40F2N8O6. The van der Waals surface area contributed by atoms with Crippen LogP contribution in [0.5, 0.6) is 0 Å². The van der Waals surface area contributed by atoms with Crippen molar-refractivity contribution in [2.45, 2.75) is 70.1 Å². The number of carbonyl (C=O) groups is 5. The molecule has 5 heterocycles. The number of fused-ring (bicyclic) bond motifs is 2. The van der Waals surface area contributed by atoms with Crippen LogP contribution in [-0.4, -0.2) is 89.9 Å². The summed E-state index contributed by atoms with van der Waals surface area (Å²) in [6.07, 6.45) is 9.68. The second-order valence-electron chi connectivity index (χ2n) is 14.8. The van der Waals surface area contributed by atoms with E-state index in [1.165, 1.54) is 12.1 Å². The average Bonchev–Trinajstić information content (AvgIpc) is 3.81. The number of amides is 5. The van der Waals surface area contributed by atoms with E-state index in [4.69, 9.17) is 4.98 Å². The summed E-state index contributed by atoms with van der Waals surface area (Å²) in [7, 11) is 0. The van der Waals surface area contributed by atoms with Crippen LogP contribution in [0.3, 0.4) is 0 Å². The fraction of sp³-hybridized carbons (Fsp3) is 0.333. The number of imide groups is 2. The number of benzene rings is 3. The second-order valence-corrected chi connectivity index (χ2v) is 14.8. The van der Waals surface area contributed by atoms with E-state index in [2.05, 4.69) is 20.7 Å². The number of nitrogens with one attached hydrogen (secondary N) is 2. The second kappa shape index (κ2) is 16.2. The SMILES string of the molecule is O=C1CCC(N2C(=O)c3ccc(NCCCCCC(=O)N4CCC(n5cc(-c6cnc7cccc(-c8cc(F)c(CO)c(F)c8)c7n6)cn5)CC4)cc3C2=O)C(=O)N1. The Labute approximate surface area is 331 Å². The molecule has 58 heavy (non-hydrogen) atoms. The predicted octanol–water partition coefficient (Wildman–Crippen LogP) is 5.17. The van der Waals surface area contributed by atoms with Crippen molar-refractivity contribution in [1.29, 1.82) is 0 Å². The highest BCUT2D eigenvalue weighted by atomic mass is 19.1. The molecule has 5 aromatic rings. The third kappa shape index (κ3) is 7.54. The van der Waals surface area contributed by atoms with Gasteiger partial charge in [-0.15, -0.1) is 0 Å². The molecule has 0 spiro atoms. The lowest BCUT2D eigenvalue weighted by atomic mass is 10.0. The molecular weight excluding hydrogens is 751 g/mol. The maximum atomic E-state index is 14.5. The summed E-state index contributed by atoms with van der Waals surface area (Å²) in [6.45, 7) is 1.09. The van der Waals surface area contributed by atoms with Crippen molar-refractivity contribution in [1.82, 2.24) is 34.9 Å². The van der Waals surface area contributed by atoms with Gasteiger partial charge in [0.25, 0.3) is 11.8 Å². The topological polar surface area (TPSA) is 180 Å². The molecule has 8 rings (SSSR count). The summed E-state index contributed by atoms with van der Waals surface area (Å²) in [5.74, 6) is -3.72. The number of anilines is 1. The molecule has 298 valence electrons. The van der Waals surface area contributed by atoms with Crippen LogP contribution >= 0.6 is 0 Å². The molecule has 0 aliphatic carbocycles. The summed E-state index contributed by atoms with van der Waals surface area (Å²) in [5.41, 5.74) is 3.85. The van der Waals surface area contributed by atoms with Crippen LogP contribution in [0.25, 0.3) is 33.4 Å². The number of carbonyl (C=O) groups excluding carboxylic acids is 5. The van der Waals surface area contributed by atoms with Crippen molar-refractivity contribution in [3.8, 4) is 22.4 Å². The molecule has 16 heteroatoms. The number of aromatic nitrogens is 4. The molecule has 5 amide bonds. The maximum Gasteiger partial charge on any atom is 0.262 e. The Bertz CT molecular complexity index is 2440. The summed E-state index contributed by atoms with van der Waals surface area (Å²) in [5, 5.41) is 19.4. The van der Waals surface area contributed by atoms with Crippen LogP contribution in [0, 0.1) is 11.6 Å². The Hall–Kier alpha value is -6.42. The molecule has 3 aliphatic heterocycles. The number of aliphatic hydroxyl groups excluding tert-OH is 1. The molecule has 0 saturated carbocycles. The lowest BCUT2D eigenvalue weighted by Gasteiger charge is -2.32. The van der Waals surface area contributed by atoms with Gasteiger partial charge in [-0.05, 0) is 74.1 Å². The molecule has 2 fully saturated rings. The van der Waals surface area contributed by atoms with E-state index >= 15 is 0 Å². The number of rotatable bonds is 12. The summed E-state index contributed by atoms with van der Waals surface area (Å²) in [6, 6.07) is 11.6. The molecule has 0 radical (unpaired) electrons. The highest BCUT2D eigenvalue weighted by Crippen LogP contribution is 2.33. The number of hydrogen-bond donors (Lipinski definition) is 3. The van der Waals surface area contributed by atoms with Crippen LogP contribution < -0.4 is 10.6 Å². The van der Waals surface area contributed by atoms with Crippen LogP contribution in [0.1, 0.15) is 83.7 Å². The largest absolute Gasteiger partial charge is 0.391 e. The highest BCUT2D eigenvalue weighted by molar-refractivity contribution is 6.23. The first-order valence-electron chi connectivity index (χ1n) is 19.4. The fourth-order valence-electron chi connectivity index (χ4n) is 7.91. The third-order valence-electron chi connectivity index (χ3n) is 11.1. The van der Waals surface area contributed by atoms with Gasteiger partial charge in [-0.3, -0.25) is 43.9 Å². The Morgan fingerprint density at radius 1 is 0.879 bits per heavy atom. The normalized spacial score (nSPS) is 17.3. The average molecular weight is 791 g/mol. The minimum atomic E-state index is -1.01. The van der Waals surface area contributed by atoms with E-state index in [1.807, 2.05) is 15.8 Å². The first-order valence-corrected chi connectivity index (χ1v) is 19.4. The minimum absolute atomic E-state index is 0.0609. The molecule has 3 aliphatic rings. The summed E-state index contributed by atoms with van der Waals surface area (Å²) >= 11 is 0. The number of aliphatic hydroxyl groups is 1. The number of nitrogens with zero attached hydrogens (tertiary/aromatic N) is 6.